The van der Waals surface area contributed by atoms with Gasteiger partial charge in [0.2, 0.25) is 0 Å². The first-order chi connectivity index (χ1) is 14.0. The lowest BCUT2D eigenvalue weighted by Crippen LogP contribution is -2.28. The minimum Gasteiger partial charge on any atom is -0.348 e. The molecule has 3 aromatic carbocycles. The molecule has 1 N–H and O–H groups in total. The Hall–Kier alpha value is -3.47. The van der Waals surface area contributed by atoms with Crippen LogP contribution < -0.4 is 10.2 Å². The van der Waals surface area contributed by atoms with Gasteiger partial charge in [-0.15, -0.1) is 0 Å². The Balaban J connectivity index is 1.44. The van der Waals surface area contributed by atoms with Gasteiger partial charge in [0.15, 0.2) is 0 Å². The maximum absolute atomic E-state index is 13.1. The van der Waals surface area contributed by atoms with Crippen LogP contribution in [0.3, 0.4) is 0 Å². The molecule has 4 nitrogen and oxygen atoms in total. The number of benzene rings is 3. The number of fused-ring (bicyclic) bond motifs is 1. The monoisotopic (exact) mass is 388 g/mol. The zero-order valence-corrected chi connectivity index (χ0v) is 16.1. The Kier molecular flexibility index (Phi) is 5.12. The number of nitrogens with zero attached hydrogens (tertiary/aromatic N) is 1. The summed E-state index contributed by atoms with van der Waals surface area (Å²) in [5.74, 6) is -0.608. The second kappa shape index (κ2) is 7.87. The highest BCUT2D eigenvalue weighted by Gasteiger charge is 2.25. The smallest absolute Gasteiger partial charge is 0.258 e. The highest BCUT2D eigenvalue weighted by molar-refractivity contribution is 6.07. The number of carbonyl (C=O) groups excluding carboxylic acids is 2. The van der Waals surface area contributed by atoms with Gasteiger partial charge in [0, 0.05) is 29.9 Å². The summed E-state index contributed by atoms with van der Waals surface area (Å²) in [7, 11) is 0. The van der Waals surface area contributed by atoms with Crippen LogP contribution in [0.4, 0.5) is 10.1 Å². The van der Waals surface area contributed by atoms with E-state index in [1.165, 1.54) is 24.3 Å². The third-order valence-electron chi connectivity index (χ3n) is 5.14. The standard InChI is InChI=1S/C24H21FN2O2/c1-16-2-5-18(6-3-16)23(28)26-15-17-4-11-22-20(14-17)12-13-27(22)24(29)19-7-9-21(25)10-8-19/h2-11,14H,12-13,15H2,1H3,(H,26,28). The Bertz CT molecular complexity index is 1060. The molecule has 0 bridgehead atoms. The summed E-state index contributed by atoms with van der Waals surface area (Å²) in [6, 6.07) is 18.9. The molecule has 0 radical (unpaired) electrons. The Morgan fingerprint density at radius 3 is 2.38 bits per heavy atom. The number of anilines is 1. The molecular weight excluding hydrogens is 367 g/mol. The predicted molar refractivity (Wildman–Crippen MR) is 111 cm³/mol. The molecule has 1 heterocycles. The van der Waals surface area contributed by atoms with Crippen molar-refractivity contribution in [3.8, 4) is 0 Å². The van der Waals surface area contributed by atoms with Gasteiger partial charge in [-0.3, -0.25) is 9.59 Å². The molecule has 146 valence electrons. The van der Waals surface area contributed by atoms with Crippen molar-refractivity contribution in [2.75, 3.05) is 11.4 Å². The fraction of sp³-hybridized carbons (Fsp3) is 0.167. The van der Waals surface area contributed by atoms with Gasteiger partial charge >= 0.3 is 0 Å². The summed E-state index contributed by atoms with van der Waals surface area (Å²) in [6.07, 6.45) is 0.752. The topological polar surface area (TPSA) is 49.4 Å². The molecule has 2 amide bonds. The number of halogens is 1. The molecule has 1 aliphatic heterocycles. The van der Waals surface area contributed by atoms with Crippen LogP contribution in [-0.4, -0.2) is 18.4 Å². The minimum absolute atomic E-state index is 0.112. The maximum atomic E-state index is 13.1. The van der Waals surface area contributed by atoms with Crippen LogP contribution in [-0.2, 0) is 13.0 Å². The van der Waals surface area contributed by atoms with E-state index in [4.69, 9.17) is 0 Å². The number of hydrogen-bond donors (Lipinski definition) is 1. The second-order valence-corrected chi connectivity index (χ2v) is 7.23. The van der Waals surface area contributed by atoms with Crippen LogP contribution in [0.15, 0.2) is 66.7 Å². The first-order valence-corrected chi connectivity index (χ1v) is 9.55. The molecule has 0 fully saturated rings. The fourth-order valence-corrected chi connectivity index (χ4v) is 3.51. The van der Waals surface area contributed by atoms with Crippen LogP contribution in [0.1, 0.15) is 37.4 Å². The largest absolute Gasteiger partial charge is 0.348 e. The molecule has 0 unspecified atom stereocenters. The van der Waals surface area contributed by atoms with Crippen molar-refractivity contribution in [2.45, 2.75) is 19.9 Å². The van der Waals surface area contributed by atoms with E-state index < -0.39 is 0 Å². The third kappa shape index (κ3) is 4.04. The molecular formula is C24H21FN2O2. The Morgan fingerprint density at radius 2 is 1.66 bits per heavy atom. The highest BCUT2D eigenvalue weighted by atomic mass is 19.1. The molecule has 3 aromatic rings. The van der Waals surface area contributed by atoms with Gasteiger partial charge in [-0.2, -0.15) is 0 Å². The van der Waals surface area contributed by atoms with E-state index in [0.717, 1.165) is 28.8 Å². The van der Waals surface area contributed by atoms with E-state index >= 15 is 0 Å². The van der Waals surface area contributed by atoms with Crippen molar-refractivity contribution in [3.63, 3.8) is 0 Å². The number of nitrogens with one attached hydrogen (secondary N) is 1. The zero-order valence-electron chi connectivity index (χ0n) is 16.1. The van der Waals surface area contributed by atoms with E-state index in [9.17, 15) is 14.0 Å². The number of aryl methyl sites for hydroxylation is 1. The van der Waals surface area contributed by atoms with Gasteiger partial charge in [-0.25, -0.2) is 4.39 Å². The lowest BCUT2D eigenvalue weighted by molar-refractivity contribution is 0.0949. The van der Waals surface area contributed by atoms with Crippen molar-refractivity contribution in [3.05, 3.63) is 100 Å². The third-order valence-corrected chi connectivity index (χ3v) is 5.14. The summed E-state index contributed by atoms with van der Waals surface area (Å²) in [6.45, 7) is 2.99. The van der Waals surface area contributed by atoms with Crippen LogP contribution in [0.25, 0.3) is 0 Å². The van der Waals surface area contributed by atoms with Gasteiger partial charge in [0.25, 0.3) is 11.8 Å². The van der Waals surface area contributed by atoms with E-state index in [2.05, 4.69) is 5.32 Å². The van der Waals surface area contributed by atoms with Gasteiger partial charge in [-0.1, -0.05) is 29.8 Å². The van der Waals surface area contributed by atoms with Crippen molar-refractivity contribution < 1.29 is 14.0 Å². The van der Waals surface area contributed by atoms with E-state index in [1.54, 1.807) is 4.90 Å². The molecule has 0 saturated carbocycles. The molecule has 5 heteroatoms. The molecule has 0 spiro atoms. The number of hydrogen-bond acceptors (Lipinski definition) is 2. The minimum atomic E-state index is -0.360. The average Bonchev–Trinajstić information content (AvgIpc) is 3.16. The molecule has 1 aliphatic rings. The second-order valence-electron chi connectivity index (χ2n) is 7.23. The normalized spacial score (nSPS) is 12.6. The summed E-state index contributed by atoms with van der Waals surface area (Å²) in [5, 5.41) is 2.94. The van der Waals surface area contributed by atoms with Gasteiger partial charge < -0.3 is 10.2 Å². The van der Waals surface area contributed by atoms with Crippen molar-refractivity contribution in [1.82, 2.24) is 5.32 Å². The van der Waals surface area contributed by atoms with Crippen LogP contribution in [0, 0.1) is 12.7 Å². The van der Waals surface area contributed by atoms with Crippen molar-refractivity contribution in [1.29, 1.82) is 0 Å². The highest BCUT2D eigenvalue weighted by Crippen LogP contribution is 2.30. The van der Waals surface area contributed by atoms with Crippen LogP contribution in [0.2, 0.25) is 0 Å². The number of rotatable bonds is 4. The zero-order chi connectivity index (χ0) is 20.4. The summed E-state index contributed by atoms with van der Waals surface area (Å²) < 4.78 is 13.1. The van der Waals surface area contributed by atoms with E-state index in [0.29, 0.717) is 24.2 Å². The molecule has 4 rings (SSSR count). The summed E-state index contributed by atoms with van der Waals surface area (Å²) in [5.41, 5.74) is 5.14. The van der Waals surface area contributed by atoms with Gasteiger partial charge in [-0.05, 0) is 66.9 Å². The molecule has 0 aliphatic carbocycles. The first-order valence-electron chi connectivity index (χ1n) is 9.55. The van der Waals surface area contributed by atoms with E-state index in [1.807, 2.05) is 49.4 Å². The molecule has 0 aromatic heterocycles. The van der Waals surface area contributed by atoms with Gasteiger partial charge in [0.05, 0.1) is 0 Å². The molecule has 0 atom stereocenters. The van der Waals surface area contributed by atoms with Crippen LogP contribution in [0.5, 0.6) is 0 Å². The predicted octanol–water partition coefficient (Wildman–Crippen LogP) is 4.27. The summed E-state index contributed by atoms with van der Waals surface area (Å²) in [4.78, 5) is 26.8. The summed E-state index contributed by atoms with van der Waals surface area (Å²) >= 11 is 0. The van der Waals surface area contributed by atoms with Crippen molar-refractivity contribution in [2.24, 2.45) is 0 Å². The van der Waals surface area contributed by atoms with Crippen LogP contribution >= 0.6 is 0 Å². The van der Waals surface area contributed by atoms with E-state index in [-0.39, 0.29) is 17.6 Å². The first kappa shape index (κ1) is 18.9. The molecule has 0 saturated heterocycles. The maximum Gasteiger partial charge on any atom is 0.258 e. The SMILES string of the molecule is Cc1ccc(C(=O)NCc2ccc3c(c2)CCN3C(=O)c2ccc(F)cc2)cc1. The fourth-order valence-electron chi connectivity index (χ4n) is 3.51. The lowest BCUT2D eigenvalue weighted by Gasteiger charge is -2.18. The lowest BCUT2D eigenvalue weighted by atomic mass is 10.1. The van der Waals surface area contributed by atoms with Crippen molar-refractivity contribution >= 4 is 17.5 Å². The quantitative estimate of drug-likeness (QED) is 0.726. The number of carbonyl (C=O) groups is 2. The molecule has 29 heavy (non-hydrogen) atoms. The number of amides is 2. The van der Waals surface area contributed by atoms with Gasteiger partial charge in [0.1, 0.15) is 5.82 Å². The Morgan fingerprint density at radius 1 is 0.966 bits per heavy atom. The average molecular weight is 388 g/mol. The Labute approximate surface area is 169 Å².